The zero-order valence-electron chi connectivity index (χ0n) is 9.30. The molecule has 5 nitrogen and oxygen atoms in total. The molecule has 0 spiro atoms. The molecule has 6 heteroatoms. The third kappa shape index (κ3) is 2.45. The van der Waals surface area contributed by atoms with Crippen LogP contribution in [0, 0.1) is 0 Å². The van der Waals surface area contributed by atoms with Gasteiger partial charge in [0.05, 0.1) is 5.51 Å². The van der Waals surface area contributed by atoms with Crippen LogP contribution in [0.5, 0.6) is 0 Å². The molecule has 0 aromatic carbocycles. The Morgan fingerprint density at radius 1 is 1.56 bits per heavy atom. The molecule has 1 atom stereocenters. The topological polar surface area (TPSA) is 63.8 Å². The highest BCUT2D eigenvalue weighted by molar-refractivity contribution is 7.07. The molecule has 2 aromatic heterocycles. The van der Waals surface area contributed by atoms with E-state index in [0.717, 1.165) is 18.5 Å². The molecule has 0 saturated carbocycles. The normalized spacial score (nSPS) is 12.9. The quantitative estimate of drug-likeness (QED) is 0.859. The van der Waals surface area contributed by atoms with Crippen LogP contribution >= 0.6 is 11.3 Å². The third-order valence-electron chi connectivity index (χ3n) is 2.45. The maximum atomic E-state index is 5.19. The Hall–Kier alpha value is -1.27. The third-order valence-corrected chi connectivity index (χ3v) is 3.04. The molecule has 0 bridgehead atoms. The van der Waals surface area contributed by atoms with Crippen molar-refractivity contribution in [3.05, 3.63) is 16.8 Å². The lowest BCUT2D eigenvalue weighted by atomic mass is 10.1. The van der Waals surface area contributed by atoms with Gasteiger partial charge in [0.1, 0.15) is 5.69 Å². The second-order valence-electron chi connectivity index (χ2n) is 3.48. The molecule has 1 N–H and O–H groups in total. The summed E-state index contributed by atoms with van der Waals surface area (Å²) in [4.78, 5) is 8.45. The van der Waals surface area contributed by atoms with Gasteiger partial charge in [-0.3, -0.25) is 0 Å². The largest absolute Gasteiger partial charge is 0.339 e. The van der Waals surface area contributed by atoms with Crippen molar-refractivity contribution in [2.45, 2.75) is 25.8 Å². The predicted octanol–water partition coefficient (Wildman–Crippen LogP) is 1.73. The predicted molar refractivity (Wildman–Crippen MR) is 62.2 cm³/mol. The van der Waals surface area contributed by atoms with Crippen LogP contribution < -0.4 is 5.32 Å². The van der Waals surface area contributed by atoms with E-state index in [2.05, 4.69) is 27.4 Å². The molecule has 86 valence electrons. The lowest BCUT2D eigenvalue weighted by Crippen LogP contribution is -2.26. The molecule has 16 heavy (non-hydrogen) atoms. The summed E-state index contributed by atoms with van der Waals surface area (Å²) < 4.78 is 5.19. The lowest BCUT2D eigenvalue weighted by molar-refractivity contribution is 0.359. The average molecular weight is 238 g/mol. The van der Waals surface area contributed by atoms with Crippen molar-refractivity contribution in [3.63, 3.8) is 0 Å². The maximum Gasteiger partial charge on any atom is 0.228 e. The first-order valence-corrected chi connectivity index (χ1v) is 6.16. The van der Waals surface area contributed by atoms with E-state index in [-0.39, 0.29) is 0 Å². The van der Waals surface area contributed by atoms with Gasteiger partial charge in [-0.2, -0.15) is 4.98 Å². The molecule has 0 fully saturated rings. The zero-order chi connectivity index (χ0) is 11.4. The van der Waals surface area contributed by atoms with Crippen molar-refractivity contribution >= 4 is 11.3 Å². The van der Waals surface area contributed by atoms with Gasteiger partial charge in [0.2, 0.25) is 11.7 Å². The Bertz CT molecular complexity index is 422. The average Bonchev–Trinajstić information content (AvgIpc) is 2.96. The van der Waals surface area contributed by atoms with Gasteiger partial charge in [-0.15, -0.1) is 11.3 Å². The minimum absolute atomic E-state index is 0.378. The van der Waals surface area contributed by atoms with Gasteiger partial charge in [-0.05, 0) is 13.5 Å². The molecule has 0 aliphatic carbocycles. The van der Waals surface area contributed by atoms with Crippen LogP contribution in [-0.4, -0.2) is 28.2 Å². The van der Waals surface area contributed by atoms with Crippen LogP contribution in [-0.2, 0) is 6.42 Å². The SMILES string of the molecule is CCC(Cc1nc(-c2cscn2)no1)NC. The van der Waals surface area contributed by atoms with Crippen molar-refractivity contribution in [3.8, 4) is 11.5 Å². The molecule has 0 aliphatic rings. The summed E-state index contributed by atoms with van der Waals surface area (Å²) in [6.07, 6.45) is 1.79. The minimum Gasteiger partial charge on any atom is -0.339 e. The van der Waals surface area contributed by atoms with E-state index in [1.54, 1.807) is 5.51 Å². The highest BCUT2D eigenvalue weighted by atomic mass is 32.1. The molecule has 0 saturated heterocycles. The van der Waals surface area contributed by atoms with Crippen molar-refractivity contribution in [1.82, 2.24) is 20.4 Å². The summed E-state index contributed by atoms with van der Waals surface area (Å²) >= 11 is 1.52. The highest BCUT2D eigenvalue weighted by Gasteiger charge is 2.13. The molecule has 0 aliphatic heterocycles. The monoisotopic (exact) mass is 238 g/mol. The first kappa shape index (κ1) is 11.2. The van der Waals surface area contributed by atoms with E-state index in [1.165, 1.54) is 11.3 Å². The van der Waals surface area contributed by atoms with E-state index < -0.39 is 0 Å². The van der Waals surface area contributed by atoms with Crippen LogP contribution in [0.15, 0.2) is 15.4 Å². The fourth-order valence-corrected chi connectivity index (χ4v) is 1.96. The zero-order valence-corrected chi connectivity index (χ0v) is 10.1. The Morgan fingerprint density at radius 2 is 2.44 bits per heavy atom. The Morgan fingerprint density at radius 3 is 3.06 bits per heavy atom. The van der Waals surface area contributed by atoms with Gasteiger partial charge >= 0.3 is 0 Å². The number of nitrogens with zero attached hydrogens (tertiary/aromatic N) is 3. The number of likely N-dealkylation sites (N-methyl/N-ethyl adjacent to an activating group) is 1. The molecule has 0 radical (unpaired) electrons. The van der Waals surface area contributed by atoms with Crippen LogP contribution in [0.4, 0.5) is 0 Å². The number of nitrogens with one attached hydrogen (secondary N) is 1. The Labute approximate surface area is 97.9 Å². The number of aromatic nitrogens is 3. The molecule has 2 heterocycles. The van der Waals surface area contributed by atoms with Crippen molar-refractivity contribution in [2.75, 3.05) is 7.05 Å². The van der Waals surface area contributed by atoms with Crippen LogP contribution in [0.3, 0.4) is 0 Å². The van der Waals surface area contributed by atoms with Crippen molar-refractivity contribution in [1.29, 1.82) is 0 Å². The van der Waals surface area contributed by atoms with Gasteiger partial charge < -0.3 is 9.84 Å². The fourth-order valence-electron chi connectivity index (χ4n) is 1.43. The summed E-state index contributed by atoms with van der Waals surface area (Å²) in [7, 11) is 1.94. The van der Waals surface area contributed by atoms with Gasteiger partial charge in [0, 0.05) is 17.8 Å². The van der Waals surface area contributed by atoms with Gasteiger partial charge in [0.15, 0.2) is 0 Å². The molecular formula is C10H14N4OS. The lowest BCUT2D eigenvalue weighted by Gasteiger charge is -2.09. The fraction of sp³-hybridized carbons (Fsp3) is 0.500. The maximum absolute atomic E-state index is 5.19. The molecule has 2 rings (SSSR count). The first-order chi connectivity index (χ1) is 7.83. The summed E-state index contributed by atoms with van der Waals surface area (Å²) in [6.45, 7) is 2.12. The summed E-state index contributed by atoms with van der Waals surface area (Å²) in [5.41, 5.74) is 2.53. The Kier molecular flexibility index (Phi) is 3.63. The van der Waals surface area contributed by atoms with Gasteiger partial charge in [-0.1, -0.05) is 12.1 Å². The van der Waals surface area contributed by atoms with Crippen molar-refractivity contribution < 1.29 is 4.52 Å². The Balaban J connectivity index is 2.08. The van der Waals surface area contributed by atoms with E-state index >= 15 is 0 Å². The number of hydrogen-bond acceptors (Lipinski definition) is 6. The van der Waals surface area contributed by atoms with Gasteiger partial charge in [0.25, 0.3) is 0 Å². The van der Waals surface area contributed by atoms with E-state index in [0.29, 0.717) is 17.8 Å². The van der Waals surface area contributed by atoms with Crippen molar-refractivity contribution in [2.24, 2.45) is 0 Å². The molecular weight excluding hydrogens is 224 g/mol. The highest BCUT2D eigenvalue weighted by Crippen LogP contribution is 2.15. The first-order valence-electron chi connectivity index (χ1n) is 5.22. The summed E-state index contributed by atoms with van der Waals surface area (Å²) in [6, 6.07) is 0.378. The second-order valence-corrected chi connectivity index (χ2v) is 4.20. The second kappa shape index (κ2) is 5.18. The van der Waals surface area contributed by atoms with E-state index in [4.69, 9.17) is 4.52 Å². The summed E-state index contributed by atoms with van der Waals surface area (Å²) in [5.74, 6) is 1.23. The summed E-state index contributed by atoms with van der Waals surface area (Å²) in [5, 5.41) is 9.02. The minimum atomic E-state index is 0.378. The van der Waals surface area contributed by atoms with Gasteiger partial charge in [-0.25, -0.2) is 4.98 Å². The standard InChI is InChI=1S/C10H14N4OS/c1-3-7(11-2)4-9-13-10(14-15-9)8-5-16-6-12-8/h5-7,11H,3-4H2,1-2H3. The number of hydrogen-bond donors (Lipinski definition) is 1. The van der Waals surface area contributed by atoms with E-state index in [9.17, 15) is 0 Å². The van der Waals surface area contributed by atoms with Crippen LogP contribution in [0.25, 0.3) is 11.5 Å². The van der Waals surface area contributed by atoms with Crippen LogP contribution in [0.1, 0.15) is 19.2 Å². The number of thiazole rings is 1. The smallest absolute Gasteiger partial charge is 0.228 e. The molecule has 0 amide bonds. The molecule has 1 unspecified atom stereocenters. The van der Waals surface area contributed by atoms with E-state index in [1.807, 2.05) is 12.4 Å². The molecule has 2 aromatic rings. The van der Waals surface area contributed by atoms with Crippen LogP contribution in [0.2, 0.25) is 0 Å². The number of rotatable bonds is 5.